The Balaban J connectivity index is 3.93. The molecular formula is C12H25NO2. The van der Waals surface area contributed by atoms with E-state index < -0.39 is 0 Å². The van der Waals surface area contributed by atoms with Crippen LogP contribution in [0.4, 0.5) is 0 Å². The zero-order valence-electron chi connectivity index (χ0n) is 10.5. The molecule has 0 spiro atoms. The molecule has 15 heavy (non-hydrogen) atoms. The lowest BCUT2D eigenvalue weighted by molar-refractivity contribution is -0.126. The summed E-state index contributed by atoms with van der Waals surface area (Å²) >= 11 is 0. The average molecular weight is 215 g/mol. The van der Waals surface area contributed by atoms with Gasteiger partial charge in [-0.25, -0.2) is 0 Å². The van der Waals surface area contributed by atoms with Crippen LogP contribution >= 0.6 is 0 Å². The predicted octanol–water partition coefficient (Wildman–Crippen LogP) is 1.70. The molecule has 3 heteroatoms. The molecule has 0 bridgehead atoms. The maximum absolute atomic E-state index is 11.7. The number of carbonyl (C=O) groups is 1. The predicted molar refractivity (Wildman–Crippen MR) is 62.9 cm³/mol. The topological polar surface area (TPSA) is 40.5 Å². The first-order valence-corrected chi connectivity index (χ1v) is 5.78. The molecule has 3 nitrogen and oxygen atoms in total. The minimum absolute atomic E-state index is 0.170. The quantitative estimate of drug-likeness (QED) is 0.702. The van der Waals surface area contributed by atoms with Crippen LogP contribution in [0.1, 0.15) is 40.5 Å². The maximum Gasteiger partial charge on any atom is 0.139 e. The van der Waals surface area contributed by atoms with Crippen molar-refractivity contribution in [3.8, 4) is 0 Å². The van der Waals surface area contributed by atoms with Crippen molar-refractivity contribution in [1.82, 2.24) is 4.90 Å². The second-order valence-electron chi connectivity index (χ2n) is 4.99. The molecule has 0 aliphatic rings. The summed E-state index contributed by atoms with van der Waals surface area (Å²) in [6, 6.07) is 0. The summed E-state index contributed by atoms with van der Waals surface area (Å²) in [5.74, 6) is 0.293. The molecule has 0 aromatic heterocycles. The Morgan fingerprint density at radius 2 is 1.80 bits per heavy atom. The zero-order chi connectivity index (χ0) is 11.9. The summed E-state index contributed by atoms with van der Waals surface area (Å²) < 4.78 is 0. The third-order valence-corrected chi connectivity index (χ3v) is 2.45. The molecule has 0 atom stereocenters. The summed E-state index contributed by atoms with van der Waals surface area (Å²) in [6.07, 6.45) is 1.65. The molecule has 0 radical (unpaired) electrons. The second kappa shape index (κ2) is 6.96. The number of hydrogen-bond donors (Lipinski definition) is 1. The molecule has 0 aromatic rings. The van der Waals surface area contributed by atoms with Crippen molar-refractivity contribution >= 4 is 5.78 Å². The number of rotatable bonds is 7. The third kappa shape index (κ3) is 6.63. The van der Waals surface area contributed by atoms with E-state index in [4.69, 9.17) is 5.11 Å². The minimum atomic E-state index is -0.239. The highest BCUT2D eigenvalue weighted by molar-refractivity contribution is 5.83. The number of aliphatic hydroxyl groups excluding tert-OH is 1. The first-order valence-electron chi connectivity index (χ1n) is 5.78. The van der Waals surface area contributed by atoms with E-state index in [9.17, 15) is 4.79 Å². The highest BCUT2D eigenvalue weighted by atomic mass is 16.3. The molecule has 0 aliphatic heterocycles. The summed E-state index contributed by atoms with van der Waals surface area (Å²) in [4.78, 5) is 13.8. The highest BCUT2D eigenvalue weighted by Gasteiger charge is 2.21. The standard InChI is InChI=1S/C12H25NO2/c1-5-7-13(9-10-14)8-6-11(15)12(2,3)4/h14H,5-10H2,1-4H3. The second-order valence-corrected chi connectivity index (χ2v) is 4.99. The van der Waals surface area contributed by atoms with Crippen molar-refractivity contribution in [2.24, 2.45) is 5.41 Å². The van der Waals surface area contributed by atoms with E-state index in [0.29, 0.717) is 18.7 Å². The SMILES string of the molecule is CCCN(CCO)CCC(=O)C(C)(C)C. The van der Waals surface area contributed by atoms with Gasteiger partial charge in [0, 0.05) is 24.9 Å². The minimum Gasteiger partial charge on any atom is -0.395 e. The number of aliphatic hydroxyl groups is 1. The summed E-state index contributed by atoms with van der Waals surface area (Å²) in [6.45, 7) is 10.5. The molecule has 0 heterocycles. The van der Waals surface area contributed by atoms with Crippen LogP contribution in [-0.4, -0.2) is 42.0 Å². The Labute approximate surface area is 93.5 Å². The van der Waals surface area contributed by atoms with Crippen molar-refractivity contribution in [2.75, 3.05) is 26.2 Å². The largest absolute Gasteiger partial charge is 0.395 e. The van der Waals surface area contributed by atoms with Crippen LogP contribution < -0.4 is 0 Å². The van der Waals surface area contributed by atoms with E-state index in [1.807, 2.05) is 20.8 Å². The summed E-state index contributed by atoms with van der Waals surface area (Å²) in [7, 11) is 0. The zero-order valence-corrected chi connectivity index (χ0v) is 10.5. The Morgan fingerprint density at radius 1 is 1.20 bits per heavy atom. The smallest absolute Gasteiger partial charge is 0.139 e. The molecule has 0 saturated carbocycles. The molecule has 0 fully saturated rings. The number of hydrogen-bond acceptors (Lipinski definition) is 3. The van der Waals surface area contributed by atoms with Gasteiger partial charge in [0.15, 0.2) is 0 Å². The van der Waals surface area contributed by atoms with Gasteiger partial charge in [0.1, 0.15) is 5.78 Å². The van der Waals surface area contributed by atoms with Crippen molar-refractivity contribution < 1.29 is 9.90 Å². The van der Waals surface area contributed by atoms with Crippen LogP contribution in [0.2, 0.25) is 0 Å². The molecule has 0 aromatic carbocycles. The van der Waals surface area contributed by atoms with Crippen molar-refractivity contribution in [2.45, 2.75) is 40.5 Å². The molecule has 0 aliphatic carbocycles. The fourth-order valence-corrected chi connectivity index (χ4v) is 1.43. The van der Waals surface area contributed by atoms with Crippen LogP contribution in [0.25, 0.3) is 0 Å². The summed E-state index contributed by atoms with van der Waals surface area (Å²) in [5.41, 5.74) is -0.239. The van der Waals surface area contributed by atoms with Gasteiger partial charge >= 0.3 is 0 Å². The van der Waals surface area contributed by atoms with Crippen molar-refractivity contribution in [3.63, 3.8) is 0 Å². The molecule has 0 amide bonds. The Bertz CT molecular complexity index is 179. The highest BCUT2D eigenvalue weighted by Crippen LogP contribution is 2.16. The van der Waals surface area contributed by atoms with Crippen LogP contribution in [0.3, 0.4) is 0 Å². The molecule has 0 unspecified atom stereocenters. The van der Waals surface area contributed by atoms with Crippen LogP contribution in [0.15, 0.2) is 0 Å². The fourth-order valence-electron chi connectivity index (χ4n) is 1.43. The fraction of sp³-hybridized carbons (Fsp3) is 0.917. The van der Waals surface area contributed by atoms with Crippen molar-refractivity contribution in [1.29, 1.82) is 0 Å². The van der Waals surface area contributed by atoms with Gasteiger partial charge in [0.25, 0.3) is 0 Å². The number of ketones is 1. The van der Waals surface area contributed by atoms with Crippen molar-refractivity contribution in [3.05, 3.63) is 0 Å². The van der Waals surface area contributed by atoms with Crippen LogP contribution in [0, 0.1) is 5.41 Å². The number of Topliss-reactive ketones (excluding diaryl/α,β-unsaturated/α-hetero) is 1. The van der Waals surface area contributed by atoms with Gasteiger partial charge in [-0.15, -0.1) is 0 Å². The van der Waals surface area contributed by atoms with E-state index in [2.05, 4.69) is 11.8 Å². The lowest BCUT2D eigenvalue weighted by atomic mass is 9.89. The first kappa shape index (κ1) is 14.6. The van der Waals surface area contributed by atoms with Gasteiger partial charge in [-0.2, -0.15) is 0 Å². The third-order valence-electron chi connectivity index (χ3n) is 2.45. The monoisotopic (exact) mass is 215 g/mol. The van der Waals surface area contributed by atoms with E-state index in [1.165, 1.54) is 0 Å². The molecule has 90 valence electrons. The van der Waals surface area contributed by atoms with Crippen LogP contribution in [-0.2, 0) is 4.79 Å². The molecule has 0 rings (SSSR count). The Kier molecular flexibility index (Phi) is 6.77. The number of carbonyl (C=O) groups excluding carboxylic acids is 1. The van der Waals surface area contributed by atoms with E-state index in [0.717, 1.165) is 19.5 Å². The molecule has 1 N–H and O–H groups in total. The normalized spacial score (nSPS) is 12.1. The first-order chi connectivity index (χ1) is 6.91. The lowest BCUT2D eigenvalue weighted by Gasteiger charge is -2.22. The van der Waals surface area contributed by atoms with Crippen LogP contribution in [0.5, 0.6) is 0 Å². The van der Waals surface area contributed by atoms with Gasteiger partial charge in [-0.3, -0.25) is 4.79 Å². The molecular weight excluding hydrogens is 190 g/mol. The van der Waals surface area contributed by atoms with Gasteiger partial charge in [0.05, 0.1) is 6.61 Å². The van der Waals surface area contributed by atoms with E-state index >= 15 is 0 Å². The van der Waals surface area contributed by atoms with E-state index in [1.54, 1.807) is 0 Å². The Hall–Kier alpha value is -0.410. The van der Waals surface area contributed by atoms with Gasteiger partial charge in [0.2, 0.25) is 0 Å². The van der Waals surface area contributed by atoms with Gasteiger partial charge in [-0.1, -0.05) is 27.7 Å². The Morgan fingerprint density at radius 3 is 2.20 bits per heavy atom. The molecule has 0 saturated heterocycles. The number of nitrogens with zero attached hydrogens (tertiary/aromatic N) is 1. The van der Waals surface area contributed by atoms with Gasteiger partial charge < -0.3 is 10.0 Å². The summed E-state index contributed by atoms with van der Waals surface area (Å²) in [5, 5.41) is 8.86. The van der Waals surface area contributed by atoms with Gasteiger partial charge in [-0.05, 0) is 13.0 Å². The lowest BCUT2D eigenvalue weighted by Crippen LogP contribution is -2.32. The average Bonchev–Trinajstić information content (AvgIpc) is 2.12. The maximum atomic E-state index is 11.7. The van der Waals surface area contributed by atoms with E-state index in [-0.39, 0.29) is 12.0 Å².